The van der Waals surface area contributed by atoms with Crippen molar-refractivity contribution in [3.63, 3.8) is 0 Å². The summed E-state index contributed by atoms with van der Waals surface area (Å²) < 4.78 is 36.5. The molecule has 0 spiro atoms. The van der Waals surface area contributed by atoms with Gasteiger partial charge in [-0.1, -0.05) is 29.8 Å². The molecule has 0 saturated heterocycles. The van der Waals surface area contributed by atoms with E-state index in [4.69, 9.17) is 0 Å². The lowest BCUT2D eigenvalue weighted by atomic mass is 10.2. The molecule has 2 rings (SSSR count). The van der Waals surface area contributed by atoms with Crippen LogP contribution in [0.25, 0.3) is 0 Å². The molecule has 0 radical (unpaired) electrons. The molecule has 2 aromatic carbocycles. The summed E-state index contributed by atoms with van der Waals surface area (Å²) in [4.78, 5) is 2.24. The Morgan fingerprint density at radius 2 is 1.65 bits per heavy atom. The summed E-state index contributed by atoms with van der Waals surface area (Å²) in [7, 11) is -3.68. The number of hydrogen-bond acceptors (Lipinski definition) is 3. The third-order valence-corrected chi connectivity index (χ3v) is 3.83. The lowest BCUT2D eigenvalue weighted by Gasteiger charge is -2.03. The zero-order valence-electron chi connectivity index (χ0n) is 10.7. The van der Waals surface area contributed by atoms with E-state index in [0.29, 0.717) is 5.56 Å². The molecule has 20 heavy (non-hydrogen) atoms. The van der Waals surface area contributed by atoms with Crippen molar-refractivity contribution in [2.75, 3.05) is 0 Å². The van der Waals surface area contributed by atoms with Crippen molar-refractivity contribution in [3.8, 4) is 0 Å². The Morgan fingerprint density at radius 3 is 2.25 bits per heavy atom. The smallest absolute Gasteiger partial charge is 0.207 e. The molecule has 0 bridgehead atoms. The van der Waals surface area contributed by atoms with Gasteiger partial charge >= 0.3 is 0 Å². The maximum Gasteiger partial charge on any atom is 0.276 e. The third-order valence-electron chi connectivity index (χ3n) is 2.59. The Hall–Kier alpha value is -2.21. The molecule has 2 aromatic rings. The zero-order chi connectivity index (χ0) is 14.6. The fraction of sp³-hybridized carbons (Fsp3) is 0.0714. The van der Waals surface area contributed by atoms with Gasteiger partial charge in [0, 0.05) is 0 Å². The molecule has 4 nitrogen and oxygen atoms in total. The zero-order valence-corrected chi connectivity index (χ0v) is 11.6. The Kier molecular flexibility index (Phi) is 4.14. The summed E-state index contributed by atoms with van der Waals surface area (Å²) in [6, 6.07) is 12.0. The highest BCUT2D eigenvalue weighted by molar-refractivity contribution is 7.89. The largest absolute Gasteiger partial charge is 0.276 e. The van der Waals surface area contributed by atoms with Crippen molar-refractivity contribution in [2.24, 2.45) is 5.10 Å². The topological polar surface area (TPSA) is 58.5 Å². The molecule has 0 heterocycles. The van der Waals surface area contributed by atoms with Crippen LogP contribution in [0.4, 0.5) is 4.39 Å². The van der Waals surface area contributed by atoms with Crippen LogP contribution in [0.2, 0.25) is 0 Å². The van der Waals surface area contributed by atoms with E-state index in [0.717, 1.165) is 5.56 Å². The van der Waals surface area contributed by atoms with Gasteiger partial charge in [-0.2, -0.15) is 13.5 Å². The fourth-order valence-corrected chi connectivity index (χ4v) is 2.28. The van der Waals surface area contributed by atoms with Crippen LogP contribution in [-0.4, -0.2) is 14.6 Å². The first kappa shape index (κ1) is 14.2. The van der Waals surface area contributed by atoms with E-state index in [-0.39, 0.29) is 10.7 Å². The van der Waals surface area contributed by atoms with Crippen LogP contribution in [0, 0.1) is 12.7 Å². The van der Waals surface area contributed by atoms with Crippen molar-refractivity contribution in [3.05, 3.63) is 65.5 Å². The lowest BCUT2D eigenvalue weighted by Crippen LogP contribution is -2.18. The van der Waals surface area contributed by atoms with Gasteiger partial charge in [0.1, 0.15) is 5.82 Å². The molecule has 0 amide bonds. The van der Waals surface area contributed by atoms with E-state index in [2.05, 4.69) is 9.93 Å². The van der Waals surface area contributed by atoms with Gasteiger partial charge in [-0.25, -0.2) is 9.22 Å². The number of rotatable bonds is 4. The van der Waals surface area contributed by atoms with Crippen molar-refractivity contribution in [1.29, 1.82) is 0 Å². The third kappa shape index (κ3) is 3.64. The standard InChI is InChI=1S/C14H13FN2O2S/c1-11-2-8-14(9-3-11)20(18,19)17-16-10-12-4-6-13(15)7-5-12/h2-10,17H,1H3/b16-10-. The minimum absolute atomic E-state index is 0.138. The minimum atomic E-state index is -3.68. The molecule has 0 unspecified atom stereocenters. The molecule has 6 heteroatoms. The van der Waals surface area contributed by atoms with Gasteiger partial charge < -0.3 is 0 Å². The summed E-state index contributed by atoms with van der Waals surface area (Å²) in [5.41, 5.74) is 1.57. The van der Waals surface area contributed by atoms with E-state index in [9.17, 15) is 12.8 Å². The first-order valence-electron chi connectivity index (χ1n) is 5.84. The molecular formula is C14H13FN2O2S. The number of halogens is 1. The highest BCUT2D eigenvalue weighted by atomic mass is 32.2. The Bertz CT molecular complexity index is 708. The monoisotopic (exact) mass is 292 g/mol. The van der Waals surface area contributed by atoms with E-state index >= 15 is 0 Å². The summed E-state index contributed by atoms with van der Waals surface area (Å²) in [6.07, 6.45) is 1.31. The van der Waals surface area contributed by atoms with Gasteiger partial charge in [0.25, 0.3) is 10.0 Å². The van der Waals surface area contributed by atoms with Gasteiger partial charge in [-0.05, 0) is 36.8 Å². The number of nitrogens with one attached hydrogen (secondary N) is 1. The van der Waals surface area contributed by atoms with Gasteiger partial charge in [0.2, 0.25) is 0 Å². The lowest BCUT2D eigenvalue weighted by molar-refractivity contribution is 0.584. The second kappa shape index (κ2) is 5.83. The second-order valence-electron chi connectivity index (χ2n) is 4.22. The average molecular weight is 292 g/mol. The first-order chi connectivity index (χ1) is 9.47. The Balaban J connectivity index is 2.09. The number of benzene rings is 2. The number of nitrogens with zero attached hydrogens (tertiary/aromatic N) is 1. The Morgan fingerprint density at radius 1 is 1.05 bits per heavy atom. The molecule has 0 aliphatic carbocycles. The van der Waals surface area contributed by atoms with E-state index in [1.807, 2.05) is 6.92 Å². The summed E-state index contributed by atoms with van der Waals surface area (Å²) >= 11 is 0. The van der Waals surface area contributed by atoms with Crippen molar-refractivity contribution < 1.29 is 12.8 Å². The van der Waals surface area contributed by atoms with Crippen molar-refractivity contribution >= 4 is 16.2 Å². The van der Waals surface area contributed by atoms with Crippen molar-refractivity contribution in [2.45, 2.75) is 11.8 Å². The summed E-state index contributed by atoms with van der Waals surface area (Å²) in [6.45, 7) is 1.87. The van der Waals surface area contributed by atoms with Crippen LogP contribution in [0.5, 0.6) is 0 Å². The van der Waals surface area contributed by atoms with Gasteiger partial charge in [0.05, 0.1) is 11.1 Å². The highest BCUT2D eigenvalue weighted by Crippen LogP contribution is 2.09. The molecule has 104 valence electrons. The predicted octanol–water partition coefficient (Wildman–Crippen LogP) is 2.45. The average Bonchev–Trinajstić information content (AvgIpc) is 2.41. The maximum atomic E-state index is 12.7. The van der Waals surface area contributed by atoms with Crippen LogP contribution < -0.4 is 4.83 Å². The van der Waals surface area contributed by atoms with Crippen molar-refractivity contribution in [1.82, 2.24) is 4.83 Å². The maximum absolute atomic E-state index is 12.7. The molecule has 1 N–H and O–H groups in total. The highest BCUT2D eigenvalue weighted by Gasteiger charge is 2.11. The summed E-state index contributed by atoms with van der Waals surface area (Å²) in [5, 5.41) is 3.66. The van der Waals surface area contributed by atoms with Gasteiger partial charge in [-0.3, -0.25) is 0 Å². The number of hydrogen-bond donors (Lipinski definition) is 1. The van der Waals surface area contributed by atoms with Crippen LogP contribution in [-0.2, 0) is 10.0 Å². The molecule has 0 saturated carbocycles. The minimum Gasteiger partial charge on any atom is -0.207 e. The number of sulfonamides is 1. The molecular weight excluding hydrogens is 279 g/mol. The normalized spacial score (nSPS) is 11.7. The second-order valence-corrected chi connectivity index (χ2v) is 5.88. The van der Waals surface area contributed by atoms with E-state index in [1.54, 1.807) is 12.1 Å². The van der Waals surface area contributed by atoms with Crippen LogP contribution in [0.15, 0.2) is 58.5 Å². The van der Waals surface area contributed by atoms with Gasteiger partial charge in [-0.15, -0.1) is 0 Å². The quantitative estimate of drug-likeness (QED) is 0.695. The van der Waals surface area contributed by atoms with Crippen LogP contribution in [0.1, 0.15) is 11.1 Å². The van der Waals surface area contributed by atoms with E-state index < -0.39 is 10.0 Å². The number of aryl methyl sites for hydroxylation is 1. The Labute approximate surface area is 117 Å². The predicted molar refractivity (Wildman–Crippen MR) is 75.5 cm³/mol. The molecule has 0 fully saturated rings. The molecule has 0 atom stereocenters. The van der Waals surface area contributed by atoms with E-state index in [1.165, 1.54) is 42.6 Å². The number of hydrazone groups is 1. The summed E-state index contributed by atoms with van der Waals surface area (Å²) in [5.74, 6) is -0.359. The first-order valence-corrected chi connectivity index (χ1v) is 7.33. The fourth-order valence-electron chi connectivity index (χ4n) is 1.49. The molecule has 0 aliphatic heterocycles. The molecule has 0 aromatic heterocycles. The van der Waals surface area contributed by atoms with Gasteiger partial charge in [0.15, 0.2) is 0 Å². The van der Waals surface area contributed by atoms with Crippen LogP contribution >= 0.6 is 0 Å². The van der Waals surface area contributed by atoms with Crippen LogP contribution in [0.3, 0.4) is 0 Å². The SMILES string of the molecule is Cc1ccc(S(=O)(=O)N/N=C\c2ccc(F)cc2)cc1. The molecule has 0 aliphatic rings.